The van der Waals surface area contributed by atoms with E-state index in [0.29, 0.717) is 5.69 Å². The summed E-state index contributed by atoms with van der Waals surface area (Å²) in [6, 6.07) is 10.3. The SMILES string of the molecule is CC(C)c1cccc(C(C)C)c1NC(=O)c1cccc(C(F)(F)F)c1. The normalized spacial score (nSPS) is 11.9. The molecular weight excluding hydrogens is 327 g/mol. The molecule has 134 valence electrons. The molecule has 0 aliphatic carbocycles. The van der Waals surface area contributed by atoms with E-state index in [1.54, 1.807) is 0 Å². The lowest BCUT2D eigenvalue weighted by Crippen LogP contribution is -2.17. The minimum absolute atomic E-state index is 0.0110. The molecule has 2 aromatic rings. The second-order valence-electron chi connectivity index (χ2n) is 6.65. The van der Waals surface area contributed by atoms with E-state index in [1.165, 1.54) is 12.1 Å². The molecular formula is C20H22F3NO. The molecule has 0 bridgehead atoms. The molecule has 0 atom stereocenters. The van der Waals surface area contributed by atoms with Crippen molar-refractivity contribution >= 4 is 11.6 Å². The van der Waals surface area contributed by atoms with Gasteiger partial charge in [-0.05, 0) is 41.2 Å². The third kappa shape index (κ3) is 4.41. The van der Waals surface area contributed by atoms with Crippen molar-refractivity contribution in [2.24, 2.45) is 0 Å². The van der Waals surface area contributed by atoms with E-state index >= 15 is 0 Å². The lowest BCUT2D eigenvalue weighted by Gasteiger charge is -2.20. The number of carbonyl (C=O) groups is 1. The van der Waals surface area contributed by atoms with Crippen LogP contribution in [0.3, 0.4) is 0 Å². The van der Waals surface area contributed by atoms with Crippen molar-refractivity contribution in [3.63, 3.8) is 0 Å². The van der Waals surface area contributed by atoms with Crippen LogP contribution in [0.1, 0.15) is 66.6 Å². The predicted octanol–water partition coefficient (Wildman–Crippen LogP) is 6.20. The lowest BCUT2D eigenvalue weighted by atomic mass is 9.92. The zero-order valence-corrected chi connectivity index (χ0v) is 14.7. The zero-order valence-electron chi connectivity index (χ0n) is 14.7. The Morgan fingerprint density at radius 2 is 1.44 bits per heavy atom. The van der Waals surface area contributed by atoms with E-state index in [4.69, 9.17) is 0 Å². The average Bonchev–Trinajstić information content (AvgIpc) is 2.53. The van der Waals surface area contributed by atoms with Gasteiger partial charge < -0.3 is 5.32 Å². The van der Waals surface area contributed by atoms with Gasteiger partial charge in [0.05, 0.1) is 5.56 Å². The molecule has 0 saturated heterocycles. The number of para-hydroxylation sites is 1. The highest BCUT2D eigenvalue weighted by Gasteiger charge is 2.31. The number of hydrogen-bond donors (Lipinski definition) is 1. The number of carbonyl (C=O) groups excluding carboxylic acids is 1. The Kier molecular flexibility index (Phi) is 5.55. The summed E-state index contributed by atoms with van der Waals surface area (Å²) in [7, 11) is 0. The summed E-state index contributed by atoms with van der Waals surface area (Å²) in [5.74, 6) is -0.188. The van der Waals surface area contributed by atoms with Crippen LogP contribution in [-0.4, -0.2) is 5.91 Å². The molecule has 2 rings (SSSR count). The minimum Gasteiger partial charge on any atom is -0.321 e. The van der Waals surface area contributed by atoms with E-state index in [1.807, 2.05) is 45.9 Å². The second-order valence-corrected chi connectivity index (χ2v) is 6.65. The van der Waals surface area contributed by atoms with Crippen LogP contribution in [0.5, 0.6) is 0 Å². The van der Waals surface area contributed by atoms with Gasteiger partial charge in [-0.2, -0.15) is 13.2 Å². The molecule has 0 heterocycles. The zero-order chi connectivity index (χ0) is 18.8. The molecule has 0 aliphatic rings. The molecule has 5 heteroatoms. The molecule has 0 radical (unpaired) electrons. The Morgan fingerprint density at radius 3 is 1.92 bits per heavy atom. The van der Waals surface area contributed by atoms with Gasteiger partial charge in [-0.1, -0.05) is 52.0 Å². The van der Waals surface area contributed by atoms with E-state index in [2.05, 4.69) is 5.32 Å². The van der Waals surface area contributed by atoms with Crippen LogP contribution in [0.2, 0.25) is 0 Å². The smallest absolute Gasteiger partial charge is 0.321 e. The number of amides is 1. The summed E-state index contributed by atoms with van der Waals surface area (Å²) in [5, 5.41) is 2.83. The maximum absolute atomic E-state index is 12.9. The number of alkyl halides is 3. The monoisotopic (exact) mass is 349 g/mol. The molecule has 1 N–H and O–H groups in total. The lowest BCUT2D eigenvalue weighted by molar-refractivity contribution is -0.137. The summed E-state index contributed by atoms with van der Waals surface area (Å²) in [6.45, 7) is 8.05. The Bertz CT molecular complexity index is 738. The van der Waals surface area contributed by atoms with Crippen LogP contribution in [-0.2, 0) is 6.18 Å². The molecule has 0 aliphatic heterocycles. The van der Waals surface area contributed by atoms with Gasteiger partial charge in [-0.25, -0.2) is 0 Å². The number of anilines is 1. The molecule has 2 nitrogen and oxygen atoms in total. The highest BCUT2D eigenvalue weighted by molar-refractivity contribution is 6.05. The average molecular weight is 349 g/mol. The summed E-state index contributed by atoms with van der Waals surface area (Å²) < 4.78 is 38.6. The quantitative estimate of drug-likeness (QED) is 0.699. The van der Waals surface area contributed by atoms with Crippen molar-refractivity contribution in [3.05, 3.63) is 64.7 Å². The van der Waals surface area contributed by atoms with Crippen LogP contribution in [0.25, 0.3) is 0 Å². The van der Waals surface area contributed by atoms with Gasteiger partial charge in [0.1, 0.15) is 0 Å². The van der Waals surface area contributed by atoms with Crippen LogP contribution >= 0.6 is 0 Å². The number of hydrogen-bond acceptors (Lipinski definition) is 1. The molecule has 0 saturated carbocycles. The molecule has 0 spiro atoms. The fourth-order valence-corrected chi connectivity index (χ4v) is 2.72. The summed E-state index contributed by atoms with van der Waals surface area (Å²) in [6.07, 6.45) is -4.48. The summed E-state index contributed by atoms with van der Waals surface area (Å²) in [5.41, 5.74) is 1.78. The van der Waals surface area contributed by atoms with Gasteiger partial charge in [0, 0.05) is 11.3 Å². The van der Waals surface area contributed by atoms with E-state index in [0.717, 1.165) is 23.3 Å². The van der Waals surface area contributed by atoms with Gasteiger partial charge >= 0.3 is 6.18 Å². The van der Waals surface area contributed by atoms with Gasteiger partial charge in [0.2, 0.25) is 0 Å². The van der Waals surface area contributed by atoms with Crippen molar-refractivity contribution in [1.82, 2.24) is 0 Å². The second kappa shape index (κ2) is 7.30. The Hall–Kier alpha value is -2.30. The fourth-order valence-electron chi connectivity index (χ4n) is 2.72. The van der Waals surface area contributed by atoms with Gasteiger partial charge in [0.15, 0.2) is 0 Å². The largest absolute Gasteiger partial charge is 0.416 e. The summed E-state index contributed by atoms with van der Waals surface area (Å²) in [4.78, 5) is 12.6. The van der Waals surface area contributed by atoms with Crippen LogP contribution < -0.4 is 5.32 Å². The van der Waals surface area contributed by atoms with Crippen molar-refractivity contribution < 1.29 is 18.0 Å². The number of nitrogens with one attached hydrogen (secondary N) is 1. The van der Waals surface area contributed by atoms with E-state index in [9.17, 15) is 18.0 Å². The Balaban J connectivity index is 2.41. The number of halogens is 3. The first-order chi connectivity index (χ1) is 11.6. The van der Waals surface area contributed by atoms with Crippen molar-refractivity contribution in [3.8, 4) is 0 Å². The van der Waals surface area contributed by atoms with E-state index < -0.39 is 17.6 Å². The molecule has 1 amide bonds. The van der Waals surface area contributed by atoms with E-state index in [-0.39, 0.29) is 17.4 Å². The van der Waals surface area contributed by atoms with Crippen molar-refractivity contribution in [2.45, 2.75) is 45.7 Å². The van der Waals surface area contributed by atoms with Gasteiger partial charge in [0.25, 0.3) is 5.91 Å². The van der Waals surface area contributed by atoms with Gasteiger partial charge in [-0.3, -0.25) is 4.79 Å². The summed E-state index contributed by atoms with van der Waals surface area (Å²) >= 11 is 0. The Labute approximate surface area is 146 Å². The topological polar surface area (TPSA) is 29.1 Å². The molecule has 2 aromatic carbocycles. The maximum atomic E-state index is 12.9. The molecule has 25 heavy (non-hydrogen) atoms. The molecule has 0 aromatic heterocycles. The van der Waals surface area contributed by atoms with Crippen LogP contribution in [0.4, 0.5) is 18.9 Å². The molecule has 0 fully saturated rings. The van der Waals surface area contributed by atoms with Crippen molar-refractivity contribution in [1.29, 1.82) is 0 Å². The highest BCUT2D eigenvalue weighted by atomic mass is 19.4. The maximum Gasteiger partial charge on any atom is 0.416 e. The van der Waals surface area contributed by atoms with Crippen LogP contribution in [0.15, 0.2) is 42.5 Å². The molecule has 0 unspecified atom stereocenters. The standard InChI is InChI=1S/C20H22F3NO/c1-12(2)16-9-6-10-17(13(3)4)18(16)24-19(25)14-7-5-8-15(11-14)20(21,22)23/h5-13H,1-4H3,(H,24,25). The number of benzene rings is 2. The first-order valence-corrected chi connectivity index (χ1v) is 8.22. The first-order valence-electron chi connectivity index (χ1n) is 8.22. The first kappa shape index (κ1) is 19.0. The highest BCUT2D eigenvalue weighted by Crippen LogP contribution is 2.33. The van der Waals surface area contributed by atoms with Crippen LogP contribution in [0, 0.1) is 0 Å². The fraction of sp³-hybridized carbons (Fsp3) is 0.350. The number of rotatable bonds is 4. The predicted molar refractivity (Wildman–Crippen MR) is 94.0 cm³/mol. The van der Waals surface area contributed by atoms with Crippen molar-refractivity contribution in [2.75, 3.05) is 5.32 Å². The van der Waals surface area contributed by atoms with Gasteiger partial charge in [-0.15, -0.1) is 0 Å². The third-order valence-corrected chi connectivity index (χ3v) is 4.06. The Morgan fingerprint density at radius 1 is 0.920 bits per heavy atom. The third-order valence-electron chi connectivity index (χ3n) is 4.06. The minimum atomic E-state index is -4.48.